The van der Waals surface area contributed by atoms with E-state index in [1.54, 1.807) is 42.7 Å². The van der Waals surface area contributed by atoms with Crippen LogP contribution in [0.25, 0.3) is 10.4 Å². The lowest BCUT2D eigenvalue weighted by Gasteiger charge is -2.22. The number of benzene rings is 2. The van der Waals surface area contributed by atoms with E-state index in [1.165, 1.54) is 32.1 Å². The third-order valence-corrected chi connectivity index (χ3v) is 7.71. The molecule has 1 aromatic heterocycles. The summed E-state index contributed by atoms with van der Waals surface area (Å²) in [7, 11) is 0.0399. The molecule has 0 saturated heterocycles. The van der Waals surface area contributed by atoms with Crippen LogP contribution in [0.4, 0.5) is 10.8 Å². The molecule has 1 aliphatic rings. The fourth-order valence-electron chi connectivity index (χ4n) is 3.80. The number of hydrogen-bond donors (Lipinski definition) is 3. The summed E-state index contributed by atoms with van der Waals surface area (Å²) < 4.78 is 21.5. The Kier molecular flexibility index (Phi) is 6.77. The number of methoxy groups -OCH3 is 1. The van der Waals surface area contributed by atoms with E-state index in [2.05, 4.69) is 10.0 Å². The normalized spacial score (nSPS) is 15.4. The first kappa shape index (κ1) is 21.6. The van der Waals surface area contributed by atoms with Crippen LogP contribution in [0.5, 0.6) is 11.5 Å². The summed E-state index contributed by atoms with van der Waals surface area (Å²) in [5.41, 5.74) is 2.57. The van der Waals surface area contributed by atoms with Gasteiger partial charge in [0.05, 0.1) is 17.7 Å². The molecular weight excluding hydrogens is 430 g/mol. The van der Waals surface area contributed by atoms with Crippen LogP contribution >= 0.6 is 11.3 Å². The molecule has 1 unspecified atom stereocenters. The zero-order chi connectivity index (χ0) is 21.8. The van der Waals surface area contributed by atoms with Gasteiger partial charge in [0.2, 0.25) is 0 Å². The van der Waals surface area contributed by atoms with Gasteiger partial charge in [0.1, 0.15) is 16.4 Å². The van der Waals surface area contributed by atoms with Crippen molar-refractivity contribution in [1.82, 2.24) is 4.98 Å². The summed E-state index contributed by atoms with van der Waals surface area (Å²) in [5.74, 6) is 0.713. The number of aromatic nitrogens is 1. The fourth-order valence-corrected chi connectivity index (χ4v) is 5.87. The Morgan fingerprint density at radius 2 is 1.87 bits per heavy atom. The minimum atomic E-state index is -1.53. The number of phenols is 1. The number of aromatic hydroxyl groups is 1. The maximum atomic E-state index is 13.0. The second-order valence-corrected chi connectivity index (χ2v) is 9.88. The lowest BCUT2D eigenvalue weighted by atomic mass is 9.96. The number of nitrogens with one attached hydrogen (secondary N) is 2. The second-order valence-electron chi connectivity index (χ2n) is 7.70. The molecule has 2 aromatic carbocycles. The van der Waals surface area contributed by atoms with Crippen LogP contribution in [-0.2, 0) is 11.0 Å². The molecule has 1 atom stereocenters. The van der Waals surface area contributed by atoms with Crippen LogP contribution in [0.2, 0.25) is 0 Å². The third kappa shape index (κ3) is 5.19. The number of hydrogen-bond acceptors (Lipinski definition) is 6. The SMILES string of the molecule is COc1ccc(-c2sc(NC3CCCCC3)nc2C)cc1S(=O)Nc1ccc(O)cc1. The van der Waals surface area contributed by atoms with E-state index in [-0.39, 0.29) is 5.75 Å². The second kappa shape index (κ2) is 9.70. The van der Waals surface area contributed by atoms with Crippen LogP contribution in [0.1, 0.15) is 37.8 Å². The van der Waals surface area contributed by atoms with E-state index in [9.17, 15) is 9.32 Å². The Hall–Kier alpha value is -2.58. The number of anilines is 2. The van der Waals surface area contributed by atoms with Crippen LogP contribution in [-0.4, -0.2) is 27.5 Å². The predicted octanol–water partition coefficient (Wildman–Crippen LogP) is 5.71. The van der Waals surface area contributed by atoms with Crippen LogP contribution in [0.3, 0.4) is 0 Å². The molecule has 31 heavy (non-hydrogen) atoms. The highest BCUT2D eigenvalue weighted by Gasteiger charge is 2.18. The first-order valence-corrected chi connectivity index (χ1v) is 12.4. The van der Waals surface area contributed by atoms with Crippen molar-refractivity contribution in [3.63, 3.8) is 0 Å². The van der Waals surface area contributed by atoms with Gasteiger partial charge in [-0.05, 0) is 67.8 Å². The summed E-state index contributed by atoms with van der Waals surface area (Å²) in [6.07, 6.45) is 6.27. The maximum absolute atomic E-state index is 13.0. The topological polar surface area (TPSA) is 83.5 Å². The molecule has 4 rings (SSSR count). The van der Waals surface area contributed by atoms with Gasteiger partial charge in [0, 0.05) is 11.7 Å². The smallest absolute Gasteiger partial charge is 0.183 e. The average Bonchev–Trinajstić information content (AvgIpc) is 3.15. The quantitative estimate of drug-likeness (QED) is 0.396. The molecule has 6 nitrogen and oxygen atoms in total. The van der Waals surface area contributed by atoms with Crippen molar-refractivity contribution >= 4 is 33.1 Å². The Morgan fingerprint density at radius 1 is 1.13 bits per heavy atom. The van der Waals surface area contributed by atoms with Gasteiger partial charge < -0.3 is 19.9 Å². The number of thiazole rings is 1. The molecule has 1 heterocycles. The maximum Gasteiger partial charge on any atom is 0.183 e. The first-order valence-electron chi connectivity index (χ1n) is 10.4. The van der Waals surface area contributed by atoms with Gasteiger partial charge in [0.25, 0.3) is 0 Å². The first-order chi connectivity index (χ1) is 15.0. The molecule has 0 radical (unpaired) electrons. The van der Waals surface area contributed by atoms with Crippen LogP contribution in [0.15, 0.2) is 47.4 Å². The number of phenolic OH excluding ortho intramolecular Hbond substituents is 1. The summed E-state index contributed by atoms with van der Waals surface area (Å²) in [4.78, 5) is 6.35. The van der Waals surface area contributed by atoms with E-state index in [1.807, 2.05) is 25.1 Å². The van der Waals surface area contributed by atoms with E-state index in [4.69, 9.17) is 9.72 Å². The van der Waals surface area contributed by atoms with Gasteiger partial charge >= 0.3 is 0 Å². The lowest BCUT2D eigenvalue weighted by Crippen LogP contribution is -2.21. The lowest BCUT2D eigenvalue weighted by molar-refractivity contribution is 0.404. The highest BCUT2D eigenvalue weighted by molar-refractivity contribution is 7.86. The van der Waals surface area contributed by atoms with E-state index in [0.717, 1.165) is 21.3 Å². The molecule has 8 heteroatoms. The van der Waals surface area contributed by atoms with Crippen molar-refractivity contribution in [1.29, 1.82) is 0 Å². The average molecular weight is 458 g/mol. The molecule has 1 aliphatic carbocycles. The standard InChI is InChI=1S/C23H27N3O3S2/c1-15-22(30-23(24-15)25-17-6-4-3-5-7-17)16-8-13-20(29-2)21(14-16)31(28)26-18-9-11-19(27)12-10-18/h8-14,17,26-27H,3-7H2,1-2H3,(H,24,25). The summed E-state index contributed by atoms with van der Waals surface area (Å²) >= 11 is 1.64. The zero-order valence-corrected chi connectivity index (χ0v) is 19.3. The summed E-state index contributed by atoms with van der Waals surface area (Å²) in [6.45, 7) is 2.01. The van der Waals surface area contributed by atoms with Crippen molar-refractivity contribution < 1.29 is 14.1 Å². The molecule has 1 fully saturated rings. The van der Waals surface area contributed by atoms with Crippen molar-refractivity contribution in [2.24, 2.45) is 0 Å². The monoisotopic (exact) mass is 457 g/mol. The van der Waals surface area contributed by atoms with Gasteiger partial charge in [-0.2, -0.15) is 0 Å². The zero-order valence-electron chi connectivity index (χ0n) is 17.7. The van der Waals surface area contributed by atoms with Gasteiger partial charge in [0.15, 0.2) is 16.1 Å². The molecular formula is C23H27N3O3S2. The third-order valence-electron chi connectivity index (χ3n) is 5.43. The molecule has 3 N–H and O–H groups in total. The minimum Gasteiger partial charge on any atom is -0.508 e. The number of rotatable bonds is 7. The Balaban J connectivity index is 1.58. The number of aryl methyl sites for hydroxylation is 1. The fraction of sp³-hybridized carbons (Fsp3) is 0.348. The Bertz CT molecular complexity index is 1060. The molecule has 0 spiro atoms. The summed E-state index contributed by atoms with van der Waals surface area (Å²) in [6, 6.07) is 12.7. The van der Waals surface area contributed by atoms with E-state index >= 15 is 0 Å². The van der Waals surface area contributed by atoms with Crippen molar-refractivity contribution in [2.75, 3.05) is 17.1 Å². The number of ether oxygens (including phenoxy) is 1. The van der Waals surface area contributed by atoms with Gasteiger partial charge in [-0.15, -0.1) is 0 Å². The molecule has 3 aromatic rings. The van der Waals surface area contributed by atoms with Crippen molar-refractivity contribution in [3.05, 3.63) is 48.2 Å². The molecule has 164 valence electrons. The van der Waals surface area contributed by atoms with E-state index < -0.39 is 11.0 Å². The molecule has 1 saturated carbocycles. The minimum absolute atomic E-state index is 0.161. The summed E-state index contributed by atoms with van der Waals surface area (Å²) in [5, 5.41) is 14.0. The Labute approximate surface area is 189 Å². The van der Waals surface area contributed by atoms with Gasteiger partial charge in [-0.3, -0.25) is 0 Å². The van der Waals surface area contributed by atoms with Gasteiger partial charge in [-0.1, -0.05) is 30.6 Å². The highest BCUT2D eigenvalue weighted by atomic mass is 32.2. The highest BCUT2D eigenvalue weighted by Crippen LogP contribution is 2.37. The van der Waals surface area contributed by atoms with Crippen LogP contribution < -0.4 is 14.8 Å². The van der Waals surface area contributed by atoms with E-state index in [0.29, 0.717) is 22.4 Å². The predicted molar refractivity (Wildman–Crippen MR) is 127 cm³/mol. The largest absolute Gasteiger partial charge is 0.508 e. The Morgan fingerprint density at radius 3 is 2.58 bits per heavy atom. The van der Waals surface area contributed by atoms with Gasteiger partial charge in [-0.25, -0.2) is 9.19 Å². The molecule has 0 bridgehead atoms. The van der Waals surface area contributed by atoms with Crippen molar-refractivity contribution in [2.45, 2.75) is 50.0 Å². The van der Waals surface area contributed by atoms with Crippen LogP contribution in [0, 0.1) is 6.92 Å². The van der Waals surface area contributed by atoms with Crippen molar-refractivity contribution in [3.8, 4) is 21.9 Å². The molecule has 0 amide bonds. The number of nitrogens with zero attached hydrogens (tertiary/aromatic N) is 1. The molecule has 0 aliphatic heterocycles.